The van der Waals surface area contributed by atoms with Gasteiger partial charge in [0.15, 0.2) is 5.83 Å². The largest absolute Gasteiger partial charge is 0.285 e. The van der Waals surface area contributed by atoms with Crippen LogP contribution in [0.3, 0.4) is 0 Å². The summed E-state index contributed by atoms with van der Waals surface area (Å²) in [6.45, 7) is 4.31. The molecule has 0 spiro atoms. The number of Topliss-reactive ketones (excluding diaryl/α,β-unsaturated/α-hetero) is 2. The Balaban J connectivity index is 2.24. The highest BCUT2D eigenvalue weighted by Crippen LogP contribution is 2.39. The molecule has 0 bridgehead atoms. The van der Waals surface area contributed by atoms with Gasteiger partial charge in [0.05, 0.1) is 0 Å². The van der Waals surface area contributed by atoms with Crippen LogP contribution in [0.15, 0.2) is 18.0 Å². The van der Waals surface area contributed by atoms with E-state index in [0.29, 0.717) is 11.1 Å². The molecule has 0 saturated heterocycles. The number of rotatable bonds is 0. The Morgan fingerprint density at radius 2 is 1.89 bits per heavy atom. The molecule has 98 valence electrons. The average molecular weight is 258 g/mol. The summed E-state index contributed by atoms with van der Waals surface area (Å²) < 4.78 is 13.4. The van der Waals surface area contributed by atoms with Crippen LogP contribution in [0.2, 0.25) is 0 Å². The first-order valence-electron chi connectivity index (χ1n) is 6.50. The van der Waals surface area contributed by atoms with Crippen molar-refractivity contribution in [3.63, 3.8) is 0 Å². The van der Waals surface area contributed by atoms with E-state index < -0.39 is 17.4 Å². The Bertz CT molecular complexity index is 638. The van der Waals surface area contributed by atoms with Crippen molar-refractivity contribution >= 4 is 17.6 Å². The van der Waals surface area contributed by atoms with Crippen LogP contribution in [-0.4, -0.2) is 11.6 Å². The number of aryl methyl sites for hydroxylation is 1. The molecule has 19 heavy (non-hydrogen) atoms. The third kappa shape index (κ3) is 1.84. The lowest BCUT2D eigenvalue weighted by molar-refractivity contribution is -0.113. The van der Waals surface area contributed by atoms with Gasteiger partial charge >= 0.3 is 0 Å². The van der Waals surface area contributed by atoms with Crippen molar-refractivity contribution in [1.82, 2.24) is 0 Å². The molecule has 0 amide bonds. The molecular formula is C16H15FO2. The molecule has 0 atom stereocenters. The molecule has 2 aliphatic rings. The maximum absolute atomic E-state index is 13.4. The zero-order valence-corrected chi connectivity index (χ0v) is 11.0. The quantitative estimate of drug-likeness (QED) is 0.669. The lowest BCUT2D eigenvalue weighted by Crippen LogP contribution is -2.28. The van der Waals surface area contributed by atoms with Crippen LogP contribution >= 0.6 is 0 Å². The predicted molar refractivity (Wildman–Crippen MR) is 70.7 cm³/mol. The number of allylic oxidation sites excluding steroid dienone is 1. The molecular weight excluding hydrogens is 243 g/mol. The third-order valence-corrected chi connectivity index (χ3v) is 4.10. The standard InChI is InChI=1S/C16H15FO2/c1-16(2)6-5-9-3-4-10-7-12(17)14(18)15(19)13(10)11(9)8-16/h3-4,7H,5-6,8H2,1-2H3. The molecule has 0 aromatic heterocycles. The topological polar surface area (TPSA) is 34.1 Å². The van der Waals surface area contributed by atoms with Crippen LogP contribution in [0.5, 0.6) is 0 Å². The highest BCUT2D eigenvalue weighted by atomic mass is 19.1. The van der Waals surface area contributed by atoms with Gasteiger partial charge in [0, 0.05) is 5.56 Å². The second kappa shape index (κ2) is 3.86. The Labute approximate surface area is 111 Å². The van der Waals surface area contributed by atoms with E-state index in [2.05, 4.69) is 13.8 Å². The second-order valence-electron chi connectivity index (χ2n) is 6.16. The Morgan fingerprint density at radius 1 is 1.16 bits per heavy atom. The van der Waals surface area contributed by atoms with Crippen molar-refractivity contribution in [3.8, 4) is 0 Å². The minimum Gasteiger partial charge on any atom is -0.285 e. The number of fused-ring (bicyclic) bond motifs is 3. The van der Waals surface area contributed by atoms with Crippen LogP contribution < -0.4 is 0 Å². The van der Waals surface area contributed by atoms with E-state index in [1.165, 1.54) is 6.08 Å². The third-order valence-electron chi connectivity index (χ3n) is 4.10. The van der Waals surface area contributed by atoms with Crippen molar-refractivity contribution < 1.29 is 14.0 Å². The lowest BCUT2D eigenvalue weighted by atomic mass is 9.71. The first-order valence-corrected chi connectivity index (χ1v) is 6.50. The number of hydrogen-bond acceptors (Lipinski definition) is 2. The SMILES string of the molecule is CC1(C)CCc2ccc3c(c2C1)C(=O)C(=O)C(F)=C3. The highest BCUT2D eigenvalue weighted by molar-refractivity contribution is 6.51. The summed E-state index contributed by atoms with van der Waals surface area (Å²) in [5.74, 6) is -2.65. The summed E-state index contributed by atoms with van der Waals surface area (Å²) in [5.41, 5.74) is 3.14. The van der Waals surface area contributed by atoms with E-state index in [9.17, 15) is 14.0 Å². The van der Waals surface area contributed by atoms with Gasteiger partial charge in [0.25, 0.3) is 5.78 Å². The molecule has 0 heterocycles. The number of hydrogen-bond donors (Lipinski definition) is 0. The molecule has 0 radical (unpaired) electrons. The van der Waals surface area contributed by atoms with Gasteiger partial charge in [-0.2, -0.15) is 0 Å². The summed E-state index contributed by atoms with van der Waals surface area (Å²) in [7, 11) is 0. The van der Waals surface area contributed by atoms with E-state index in [4.69, 9.17) is 0 Å². The van der Waals surface area contributed by atoms with Crippen LogP contribution in [0.1, 0.15) is 47.3 Å². The molecule has 0 N–H and O–H groups in total. The fraction of sp³-hybridized carbons (Fsp3) is 0.375. The second-order valence-corrected chi connectivity index (χ2v) is 6.16. The number of carbonyl (C=O) groups excluding carboxylic acids is 2. The Morgan fingerprint density at radius 3 is 2.63 bits per heavy atom. The molecule has 2 nitrogen and oxygen atoms in total. The Hall–Kier alpha value is -1.77. The fourth-order valence-electron chi connectivity index (χ4n) is 3.00. The summed E-state index contributed by atoms with van der Waals surface area (Å²) in [6, 6.07) is 3.70. The van der Waals surface area contributed by atoms with E-state index in [1.54, 1.807) is 6.07 Å². The summed E-state index contributed by atoms with van der Waals surface area (Å²) in [6.07, 6.45) is 3.91. The van der Waals surface area contributed by atoms with Crippen molar-refractivity contribution in [1.29, 1.82) is 0 Å². The fourth-order valence-corrected chi connectivity index (χ4v) is 3.00. The average Bonchev–Trinajstić information content (AvgIpc) is 2.34. The summed E-state index contributed by atoms with van der Waals surface area (Å²) >= 11 is 0. The van der Waals surface area contributed by atoms with Gasteiger partial charge in [-0.05, 0) is 47.4 Å². The van der Waals surface area contributed by atoms with E-state index >= 15 is 0 Å². The van der Waals surface area contributed by atoms with Gasteiger partial charge in [0.1, 0.15) is 0 Å². The normalized spacial score (nSPS) is 20.7. The highest BCUT2D eigenvalue weighted by Gasteiger charge is 2.34. The first-order chi connectivity index (χ1) is 8.89. The van der Waals surface area contributed by atoms with E-state index in [-0.39, 0.29) is 5.41 Å². The molecule has 0 fully saturated rings. The zero-order valence-electron chi connectivity index (χ0n) is 11.0. The van der Waals surface area contributed by atoms with Gasteiger partial charge in [-0.3, -0.25) is 9.59 Å². The van der Waals surface area contributed by atoms with Crippen LogP contribution in [0.25, 0.3) is 6.08 Å². The molecule has 3 rings (SSSR count). The van der Waals surface area contributed by atoms with Gasteiger partial charge in [0.2, 0.25) is 5.78 Å². The maximum Gasteiger partial charge on any atom is 0.261 e. The minimum atomic E-state index is -1.01. The molecule has 0 unspecified atom stereocenters. The van der Waals surface area contributed by atoms with E-state index in [1.807, 2.05) is 6.07 Å². The summed E-state index contributed by atoms with van der Waals surface area (Å²) in [5, 5.41) is 0. The van der Waals surface area contributed by atoms with Crippen LogP contribution in [0.4, 0.5) is 4.39 Å². The molecule has 1 aromatic carbocycles. The van der Waals surface area contributed by atoms with Crippen LogP contribution in [0, 0.1) is 5.41 Å². The number of halogens is 1. The van der Waals surface area contributed by atoms with Crippen molar-refractivity contribution in [2.24, 2.45) is 5.41 Å². The predicted octanol–water partition coefficient (Wildman–Crippen LogP) is 3.28. The number of ketones is 2. The lowest BCUT2D eigenvalue weighted by Gasteiger charge is -2.33. The van der Waals surface area contributed by atoms with Crippen molar-refractivity contribution in [3.05, 3.63) is 40.2 Å². The summed E-state index contributed by atoms with van der Waals surface area (Å²) in [4.78, 5) is 23.6. The molecule has 2 aliphatic carbocycles. The molecule has 0 aliphatic heterocycles. The monoisotopic (exact) mass is 258 g/mol. The molecule has 1 aromatic rings. The number of benzene rings is 1. The molecule has 0 saturated carbocycles. The zero-order chi connectivity index (χ0) is 13.8. The van der Waals surface area contributed by atoms with Crippen LogP contribution in [-0.2, 0) is 17.6 Å². The maximum atomic E-state index is 13.4. The van der Waals surface area contributed by atoms with Gasteiger partial charge in [-0.25, -0.2) is 4.39 Å². The minimum absolute atomic E-state index is 0.116. The Kier molecular flexibility index (Phi) is 2.49. The smallest absolute Gasteiger partial charge is 0.261 e. The van der Waals surface area contributed by atoms with Crippen molar-refractivity contribution in [2.45, 2.75) is 33.1 Å². The van der Waals surface area contributed by atoms with Gasteiger partial charge < -0.3 is 0 Å². The first kappa shape index (κ1) is 12.3. The van der Waals surface area contributed by atoms with E-state index in [0.717, 1.165) is 30.4 Å². The van der Waals surface area contributed by atoms with Crippen molar-refractivity contribution in [2.75, 3.05) is 0 Å². The van der Waals surface area contributed by atoms with Gasteiger partial charge in [-0.15, -0.1) is 0 Å². The molecule has 3 heteroatoms. The van der Waals surface area contributed by atoms with Gasteiger partial charge in [-0.1, -0.05) is 26.0 Å². The number of carbonyl (C=O) groups is 2.